The maximum Gasteiger partial charge on any atom is 0.252 e. The molecule has 0 bridgehead atoms. The molecule has 2 unspecified atom stereocenters. The van der Waals surface area contributed by atoms with E-state index in [1.807, 2.05) is 30.5 Å². The quantitative estimate of drug-likeness (QED) is 0.319. The minimum atomic E-state index is -0.931. The molecule has 8 nitrogen and oxygen atoms in total. The van der Waals surface area contributed by atoms with Crippen LogP contribution in [0.15, 0.2) is 48.7 Å². The first-order chi connectivity index (χ1) is 20.3. The Kier molecular flexibility index (Phi) is 10.2. The van der Waals surface area contributed by atoms with Gasteiger partial charge >= 0.3 is 0 Å². The molecule has 3 amide bonds. The maximum absolute atomic E-state index is 14.0. The highest BCUT2D eigenvalue weighted by atomic mass is 35.5. The number of carbonyl (C=O) groups excluding carboxylic acids is 3. The second-order valence-electron chi connectivity index (χ2n) is 11.5. The van der Waals surface area contributed by atoms with Crippen LogP contribution in [0.3, 0.4) is 0 Å². The number of nitrogens with one attached hydrogen (secondary N) is 3. The van der Waals surface area contributed by atoms with Crippen LogP contribution in [0, 0.1) is 5.92 Å². The summed E-state index contributed by atoms with van der Waals surface area (Å²) in [7, 11) is 0. The van der Waals surface area contributed by atoms with Gasteiger partial charge in [0.1, 0.15) is 6.04 Å². The van der Waals surface area contributed by atoms with E-state index < -0.39 is 17.9 Å². The Balaban J connectivity index is 1.37. The fourth-order valence-electron chi connectivity index (χ4n) is 6.45. The summed E-state index contributed by atoms with van der Waals surface area (Å²) >= 11 is 12.3. The summed E-state index contributed by atoms with van der Waals surface area (Å²) in [5, 5.41) is 8.25. The lowest BCUT2D eigenvalue weighted by molar-refractivity contribution is -0.147. The second kappa shape index (κ2) is 14.0. The number of aromatic amines is 1. The van der Waals surface area contributed by atoms with Gasteiger partial charge in [0.25, 0.3) is 5.91 Å². The van der Waals surface area contributed by atoms with Crippen molar-refractivity contribution in [2.75, 3.05) is 26.2 Å². The minimum absolute atomic E-state index is 0.0207. The van der Waals surface area contributed by atoms with E-state index in [1.54, 1.807) is 18.2 Å². The van der Waals surface area contributed by atoms with E-state index in [0.717, 1.165) is 36.1 Å². The Morgan fingerprint density at radius 2 is 1.86 bits per heavy atom. The van der Waals surface area contributed by atoms with Crippen LogP contribution < -0.4 is 10.6 Å². The highest BCUT2D eigenvalue weighted by Gasteiger charge is 2.34. The Morgan fingerprint density at radius 1 is 1.07 bits per heavy atom. The number of benzene rings is 2. The van der Waals surface area contributed by atoms with E-state index in [1.165, 1.54) is 43.9 Å². The largest absolute Gasteiger partial charge is 0.361 e. The molecule has 1 aromatic heterocycles. The summed E-state index contributed by atoms with van der Waals surface area (Å²) in [6.45, 7) is 4.08. The van der Waals surface area contributed by atoms with Crippen molar-refractivity contribution in [2.45, 2.75) is 64.1 Å². The van der Waals surface area contributed by atoms with Crippen LogP contribution in [0.5, 0.6) is 0 Å². The summed E-state index contributed by atoms with van der Waals surface area (Å²) in [6.07, 6.45) is 8.24. The number of halogens is 2. The lowest BCUT2D eigenvalue weighted by atomic mass is 9.82. The van der Waals surface area contributed by atoms with Crippen molar-refractivity contribution in [3.63, 3.8) is 0 Å². The first-order valence-electron chi connectivity index (χ1n) is 14.8. The molecule has 1 aliphatic heterocycles. The van der Waals surface area contributed by atoms with Crippen LogP contribution in [0.2, 0.25) is 10.0 Å². The molecule has 1 aliphatic carbocycles. The van der Waals surface area contributed by atoms with Crippen molar-refractivity contribution < 1.29 is 14.4 Å². The SMILES string of the molecule is CC(=O)N(Cc1ccc(Cl)c(Cl)c1)C(=O)C(Cc1c[nH]c2ccccc12)NC(=O)CN1CCNCC1C1CCCCC1. The molecule has 3 N–H and O–H groups in total. The average molecular weight is 613 g/mol. The smallest absolute Gasteiger partial charge is 0.252 e. The number of rotatable bonds is 9. The summed E-state index contributed by atoms with van der Waals surface area (Å²) in [4.78, 5) is 47.1. The molecule has 2 heterocycles. The second-order valence-corrected chi connectivity index (χ2v) is 12.3. The Bertz CT molecular complexity index is 1420. The molecule has 2 aliphatic rings. The molecule has 224 valence electrons. The number of aromatic nitrogens is 1. The molecule has 2 fully saturated rings. The minimum Gasteiger partial charge on any atom is -0.361 e. The fourth-order valence-corrected chi connectivity index (χ4v) is 6.77. The number of nitrogens with zero attached hydrogens (tertiary/aromatic N) is 2. The standard InChI is InChI=1S/C32H39Cl2N5O3/c1-21(40)39(19-22-11-12-26(33)27(34)15-22)32(42)29(16-24-17-36-28-10-6-5-9-25(24)28)37-31(41)20-38-14-13-35-18-30(38)23-7-3-2-4-8-23/h5-6,9-12,15,17,23,29-30,35-36H,2-4,7-8,13-14,16,18-20H2,1H3,(H,37,41). The summed E-state index contributed by atoms with van der Waals surface area (Å²) in [5.74, 6) is -0.517. The number of hydrogen-bond acceptors (Lipinski definition) is 5. The molecule has 0 spiro atoms. The molecule has 0 radical (unpaired) electrons. The van der Waals surface area contributed by atoms with E-state index in [0.29, 0.717) is 27.6 Å². The van der Waals surface area contributed by atoms with Crippen LogP contribution in [0.4, 0.5) is 0 Å². The number of H-pyrrole nitrogens is 1. The van der Waals surface area contributed by atoms with E-state index in [2.05, 4.69) is 20.5 Å². The number of hydrogen-bond donors (Lipinski definition) is 3. The zero-order valence-corrected chi connectivity index (χ0v) is 25.5. The van der Waals surface area contributed by atoms with Gasteiger partial charge in [-0.15, -0.1) is 0 Å². The molecule has 3 aromatic rings. The van der Waals surface area contributed by atoms with Gasteiger partial charge in [-0.3, -0.25) is 24.2 Å². The fraction of sp³-hybridized carbons (Fsp3) is 0.469. The molecule has 2 aromatic carbocycles. The molecule has 1 saturated carbocycles. The molecule has 5 rings (SSSR count). The van der Waals surface area contributed by atoms with Crippen LogP contribution in [-0.4, -0.2) is 70.8 Å². The zero-order valence-electron chi connectivity index (χ0n) is 24.0. The van der Waals surface area contributed by atoms with Gasteiger partial charge in [-0.2, -0.15) is 0 Å². The molecule has 1 saturated heterocycles. The van der Waals surface area contributed by atoms with Crippen molar-refractivity contribution in [3.8, 4) is 0 Å². The zero-order chi connectivity index (χ0) is 29.6. The van der Waals surface area contributed by atoms with Gasteiger partial charge in [-0.1, -0.05) is 66.7 Å². The van der Waals surface area contributed by atoms with Gasteiger partial charge < -0.3 is 15.6 Å². The number of para-hydroxylation sites is 1. The van der Waals surface area contributed by atoms with Gasteiger partial charge in [0.05, 0.1) is 23.1 Å². The number of carbonyl (C=O) groups is 3. The Morgan fingerprint density at radius 3 is 2.62 bits per heavy atom. The first-order valence-corrected chi connectivity index (χ1v) is 15.6. The number of imide groups is 1. The van der Waals surface area contributed by atoms with Crippen molar-refractivity contribution >= 4 is 51.8 Å². The lowest BCUT2D eigenvalue weighted by Gasteiger charge is -2.42. The summed E-state index contributed by atoms with van der Waals surface area (Å²) in [5.41, 5.74) is 2.51. The van der Waals surface area contributed by atoms with Gasteiger partial charge in [-0.25, -0.2) is 0 Å². The van der Waals surface area contributed by atoms with Gasteiger partial charge in [0.15, 0.2) is 0 Å². The first kappa shape index (κ1) is 30.5. The third kappa shape index (κ3) is 7.35. The number of fused-ring (bicyclic) bond motifs is 1. The molecule has 42 heavy (non-hydrogen) atoms. The van der Waals surface area contributed by atoms with Crippen LogP contribution in [0.1, 0.15) is 50.2 Å². The predicted molar refractivity (Wildman–Crippen MR) is 166 cm³/mol. The number of amides is 3. The summed E-state index contributed by atoms with van der Waals surface area (Å²) in [6, 6.07) is 12.2. The molecular formula is C32H39Cl2N5O3. The van der Waals surface area contributed by atoms with Crippen LogP contribution in [-0.2, 0) is 27.3 Å². The topological polar surface area (TPSA) is 97.5 Å². The van der Waals surface area contributed by atoms with Crippen molar-refractivity contribution in [3.05, 3.63) is 69.8 Å². The maximum atomic E-state index is 14.0. The van der Waals surface area contributed by atoms with Crippen LogP contribution >= 0.6 is 23.2 Å². The monoisotopic (exact) mass is 611 g/mol. The van der Waals surface area contributed by atoms with Crippen LogP contribution in [0.25, 0.3) is 10.9 Å². The Labute approximate surface area is 257 Å². The summed E-state index contributed by atoms with van der Waals surface area (Å²) < 4.78 is 0. The van der Waals surface area contributed by atoms with Crippen molar-refractivity contribution in [2.24, 2.45) is 5.92 Å². The van der Waals surface area contributed by atoms with Gasteiger partial charge in [0, 0.05) is 56.1 Å². The van der Waals surface area contributed by atoms with Gasteiger partial charge in [-0.05, 0) is 48.1 Å². The highest BCUT2D eigenvalue weighted by Crippen LogP contribution is 2.30. The molecule has 2 atom stereocenters. The number of piperazine rings is 1. The highest BCUT2D eigenvalue weighted by molar-refractivity contribution is 6.42. The molecular weight excluding hydrogens is 573 g/mol. The Hall–Kier alpha value is -2.91. The lowest BCUT2D eigenvalue weighted by Crippen LogP contribution is -2.58. The van der Waals surface area contributed by atoms with E-state index in [4.69, 9.17) is 23.2 Å². The predicted octanol–water partition coefficient (Wildman–Crippen LogP) is 4.93. The van der Waals surface area contributed by atoms with E-state index >= 15 is 0 Å². The third-order valence-corrected chi connectivity index (χ3v) is 9.38. The van der Waals surface area contributed by atoms with Crippen molar-refractivity contribution in [1.29, 1.82) is 0 Å². The average Bonchev–Trinajstić information content (AvgIpc) is 3.40. The van der Waals surface area contributed by atoms with Crippen molar-refractivity contribution in [1.82, 2.24) is 25.4 Å². The molecule has 10 heteroatoms. The third-order valence-electron chi connectivity index (χ3n) is 8.64. The van der Waals surface area contributed by atoms with Gasteiger partial charge in [0.2, 0.25) is 11.8 Å². The van der Waals surface area contributed by atoms with E-state index in [9.17, 15) is 14.4 Å². The normalized spacial score (nSPS) is 19.0. The van der Waals surface area contributed by atoms with E-state index in [-0.39, 0.29) is 25.4 Å².